The van der Waals surface area contributed by atoms with Gasteiger partial charge in [-0.25, -0.2) is 0 Å². The Labute approximate surface area is 99.3 Å². The Bertz CT molecular complexity index is 176. The van der Waals surface area contributed by atoms with Gasteiger partial charge in [0.15, 0.2) is 0 Å². The van der Waals surface area contributed by atoms with Crippen molar-refractivity contribution < 1.29 is 25.0 Å². The van der Waals surface area contributed by atoms with Crippen LogP contribution in [0, 0.1) is 0 Å². The van der Waals surface area contributed by atoms with Crippen LogP contribution in [0.5, 0.6) is 0 Å². The molecular weight excluding hydrogens is 232 g/mol. The van der Waals surface area contributed by atoms with Crippen LogP contribution < -0.4 is 0 Å². The van der Waals surface area contributed by atoms with Crippen LogP contribution in [0.3, 0.4) is 0 Å². The third kappa shape index (κ3) is 4.99. The monoisotopic (exact) mass is 254 g/mol. The van der Waals surface area contributed by atoms with Crippen molar-refractivity contribution in [3.63, 3.8) is 0 Å². The van der Waals surface area contributed by atoms with Gasteiger partial charge in [0, 0.05) is 0 Å². The topological polar surface area (TPSA) is 104 Å². The zero-order chi connectivity index (χ0) is 12.8. The van der Waals surface area contributed by atoms with Gasteiger partial charge in [-0.15, -0.1) is 0 Å². The lowest BCUT2D eigenvalue weighted by Crippen LogP contribution is -2.52. The van der Waals surface area contributed by atoms with E-state index in [9.17, 15) is 25.0 Å². The van der Waals surface area contributed by atoms with Gasteiger partial charge in [-0.3, -0.25) is 0 Å². The van der Waals surface area contributed by atoms with Crippen LogP contribution in [0.25, 0.3) is 0 Å². The maximum atomic E-state index is 11.6. The number of rotatable bonds is 8. The van der Waals surface area contributed by atoms with Crippen LogP contribution >= 0.6 is 0 Å². The molecule has 5 nitrogen and oxygen atoms in total. The highest BCUT2D eigenvalue weighted by molar-refractivity contribution is 7.93. The summed E-state index contributed by atoms with van der Waals surface area (Å²) in [5, 5.41) is 32.9. The quantitative estimate of drug-likeness (QED) is 0.370. The second-order valence-electron chi connectivity index (χ2n) is 3.96. The van der Waals surface area contributed by atoms with Crippen LogP contribution in [0.1, 0.15) is 52.4 Å². The SMILES string of the molecule is CCCCC(O)(O)[S+]([O-])C(O)(O)CCCC. The van der Waals surface area contributed by atoms with Crippen LogP contribution in [0.15, 0.2) is 0 Å². The van der Waals surface area contributed by atoms with E-state index in [1.807, 2.05) is 13.8 Å². The largest absolute Gasteiger partial charge is 0.608 e. The molecule has 0 atom stereocenters. The van der Waals surface area contributed by atoms with E-state index in [1.54, 1.807) is 0 Å². The second kappa shape index (κ2) is 6.78. The molecule has 0 rings (SSSR count). The lowest BCUT2D eigenvalue weighted by Gasteiger charge is -2.32. The van der Waals surface area contributed by atoms with Crippen molar-refractivity contribution in [2.75, 3.05) is 0 Å². The fraction of sp³-hybridized carbons (Fsp3) is 1.00. The molecule has 0 amide bonds. The minimum absolute atomic E-state index is 0.134. The molecule has 0 aliphatic rings. The van der Waals surface area contributed by atoms with Crippen molar-refractivity contribution in [3.8, 4) is 0 Å². The normalized spacial score (nSPS) is 13.5. The molecule has 0 aromatic carbocycles. The zero-order valence-electron chi connectivity index (χ0n) is 9.85. The lowest BCUT2D eigenvalue weighted by atomic mass is 10.2. The Morgan fingerprint density at radius 1 is 0.875 bits per heavy atom. The zero-order valence-corrected chi connectivity index (χ0v) is 10.7. The summed E-state index contributed by atoms with van der Waals surface area (Å²) < 4.78 is 11.6. The average Bonchev–Trinajstić information content (AvgIpc) is 2.22. The van der Waals surface area contributed by atoms with Gasteiger partial charge in [0.05, 0.1) is 24.0 Å². The van der Waals surface area contributed by atoms with Gasteiger partial charge in [0.2, 0.25) is 0 Å². The predicted molar refractivity (Wildman–Crippen MR) is 61.5 cm³/mol. The van der Waals surface area contributed by atoms with E-state index >= 15 is 0 Å². The maximum Gasteiger partial charge on any atom is 0.338 e. The molecule has 6 heteroatoms. The second-order valence-corrected chi connectivity index (χ2v) is 5.81. The van der Waals surface area contributed by atoms with E-state index < -0.39 is 21.4 Å². The number of unbranched alkanes of at least 4 members (excludes halogenated alkanes) is 2. The molecule has 0 unspecified atom stereocenters. The summed E-state index contributed by atoms with van der Waals surface area (Å²) in [6.07, 6.45) is 2.07. The summed E-state index contributed by atoms with van der Waals surface area (Å²) in [6.45, 7) is 3.70. The van der Waals surface area contributed by atoms with Gasteiger partial charge < -0.3 is 25.0 Å². The highest BCUT2D eigenvalue weighted by atomic mass is 32.2. The first-order valence-corrected chi connectivity index (χ1v) is 6.74. The summed E-state index contributed by atoms with van der Waals surface area (Å²) >= 11 is -2.52. The molecule has 98 valence electrons. The first kappa shape index (κ1) is 16.1. The van der Waals surface area contributed by atoms with E-state index in [-0.39, 0.29) is 12.8 Å². The van der Waals surface area contributed by atoms with Crippen molar-refractivity contribution in [3.05, 3.63) is 0 Å². The van der Waals surface area contributed by atoms with Gasteiger partial charge in [-0.05, 0) is 12.8 Å². The average molecular weight is 254 g/mol. The van der Waals surface area contributed by atoms with Gasteiger partial charge in [0.25, 0.3) is 0 Å². The molecule has 4 N–H and O–H groups in total. The molecule has 0 aromatic rings. The van der Waals surface area contributed by atoms with Crippen molar-refractivity contribution in [2.24, 2.45) is 0 Å². The minimum Gasteiger partial charge on any atom is -0.608 e. The number of aliphatic hydroxyl groups is 4. The third-order valence-electron chi connectivity index (χ3n) is 2.31. The first-order chi connectivity index (χ1) is 7.28. The van der Waals surface area contributed by atoms with Crippen LogP contribution in [-0.2, 0) is 11.2 Å². The van der Waals surface area contributed by atoms with Crippen molar-refractivity contribution in [2.45, 2.75) is 62.6 Å². The van der Waals surface area contributed by atoms with E-state index in [0.717, 1.165) is 0 Å². The Kier molecular flexibility index (Phi) is 6.84. The molecule has 0 saturated heterocycles. The van der Waals surface area contributed by atoms with Crippen LogP contribution in [-0.4, -0.2) is 35.2 Å². The van der Waals surface area contributed by atoms with Crippen LogP contribution in [0.2, 0.25) is 0 Å². The molecular formula is C10H22O5S. The molecule has 0 radical (unpaired) electrons. The summed E-state index contributed by atoms with van der Waals surface area (Å²) in [5.74, 6) is 0. The minimum atomic E-state index is -2.53. The van der Waals surface area contributed by atoms with Gasteiger partial charge >= 0.3 is 10.2 Å². The molecule has 0 aliphatic carbocycles. The van der Waals surface area contributed by atoms with Gasteiger partial charge in [-0.1, -0.05) is 26.7 Å². The summed E-state index contributed by atoms with van der Waals surface area (Å²) in [6, 6.07) is 0. The van der Waals surface area contributed by atoms with E-state index in [0.29, 0.717) is 25.7 Å². The summed E-state index contributed by atoms with van der Waals surface area (Å²) in [4.78, 5) is 0. The lowest BCUT2D eigenvalue weighted by molar-refractivity contribution is -0.131. The smallest absolute Gasteiger partial charge is 0.338 e. The molecule has 0 bridgehead atoms. The Morgan fingerprint density at radius 2 is 1.19 bits per heavy atom. The van der Waals surface area contributed by atoms with E-state index in [1.165, 1.54) is 0 Å². The van der Waals surface area contributed by atoms with Crippen molar-refractivity contribution in [1.82, 2.24) is 0 Å². The Hall–Kier alpha value is 0.150. The molecule has 16 heavy (non-hydrogen) atoms. The van der Waals surface area contributed by atoms with Crippen molar-refractivity contribution in [1.29, 1.82) is 0 Å². The Morgan fingerprint density at radius 3 is 1.44 bits per heavy atom. The van der Waals surface area contributed by atoms with Crippen LogP contribution in [0.4, 0.5) is 0 Å². The molecule has 0 saturated carbocycles. The standard InChI is InChI=1S/C10H22O5S/c1-3-5-7-9(11,12)16(15)10(13,14)8-6-4-2/h11-14H,3-8H2,1-2H3. The van der Waals surface area contributed by atoms with Gasteiger partial charge in [0.1, 0.15) is 0 Å². The first-order valence-electron chi connectivity index (χ1n) is 5.59. The van der Waals surface area contributed by atoms with E-state index in [2.05, 4.69) is 0 Å². The summed E-state index contributed by atoms with van der Waals surface area (Å²) in [5.41, 5.74) is 0. The van der Waals surface area contributed by atoms with E-state index in [4.69, 9.17) is 0 Å². The molecule has 0 fully saturated rings. The summed E-state index contributed by atoms with van der Waals surface area (Å²) in [7, 11) is 0. The fourth-order valence-electron chi connectivity index (χ4n) is 1.26. The van der Waals surface area contributed by atoms with Crippen molar-refractivity contribution >= 4 is 11.2 Å². The Balaban J connectivity index is 4.42. The highest BCUT2D eigenvalue weighted by Gasteiger charge is 2.51. The maximum absolute atomic E-state index is 11.6. The fourth-order valence-corrected chi connectivity index (χ4v) is 2.44. The van der Waals surface area contributed by atoms with Gasteiger partial charge in [-0.2, -0.15) is 0 Å². The molecule has 0 aromatic heterocycles. The predicted octanol–water partition coefficient (Wildman–Crippen LogP) is 0.392. The highest BCUT2D eigenvalue weighted by Crippen LogP contribution is 2.30. The molecule has 0 heterocycles. The molecule has 0 aliphatic heterocycles. The molecule has 0 spiro atoms. The third-order valence-corrected chi connectivity index (χ3v) is 3.90. The number of hydrogen-bond acceptors (Lipinski definition) is 5. The number of hydrogen-bond donors (Lipinski definition) is 4.